The molecule has 0 aliphatic rings. The first-order chi connectivity index (χ1) is 10.9. The standard InChI is InChI=1S/C17H21N3O3/c1-17(22,14-10-19-20(2)11-14)12-18-16(21)9-8-13-6-4-5-7-15(13)23-3/h4-11,22H,12H2,1-3H3,(H,18,21)/b9-8+. The highest BCUT2D eigenvalue weighted by molar-refractivity contribution is 5.92. The van der Waals surface area contributed by atoms with Crippen molar-refractivity contribution >= 4 is 12.0 Å². The van der Waals surface area contributed by atoms with E-state index in [0.29, 0.717) is 11.3 Å². The number of nitrogens with one attached hydrogen (secondary N) is 1. The van der Waals surface area contributed by atoms with Gasteiger partial charge in [-0.3, -0.25) is 9.48 Å². The first kappa shape index (κ1) is 16.8. The van der Waals surface area contributed by atoms with Crippen LogP contribution in [0.4, 0.5) is 0 Å². The highest BCUT2D eigenvalue weighted by Gasteiger charge is 2.24. The molecule has 1 atom stereocenters. The lowest BCUT2D eigenvalue weighted by Gasteiger charge is -2.21. The summed E-state index contributed by atoms with van der Waals surface area (Å²) in [5.41, 5.74) is 0.278. The lowest BCUT2D eigenvalue weighted by Crippen LogP contribution is -2.37. The van der Waals surface area contributed by atoms with Gasteiger partial charge in [-0.05, 0) is 19.1 Å². The molecule has 0 aliphatic carbocycles. The van der Waals surface area contributed by atoms with Gasteiger partial charge < -0.3 is 15.2 Å². The van der Waals surface area contributed by atoms with Gasteiger partial charge in [-0.25, -0.2) is 0 Å². The monoisotopic (exact) mass is 315 g/mol. The molecule has 0 fully saturated rings. The molecule has 0 saturated heterocycles. The minimum Gasteiger partial charge on any atom is -0.496 e. The Hall–Kier alpha value is -2.60. The van der Waals surface area contributed by atoms with Crippen molar-refractivity contribution in [1.29, 1.82) is 0 Å². The van der Waals surface area contributed by atoms with Gasteiger partial charge in [0, 0.05) is 30.4 Å². The predicted molar refractivity (Wildman–Crippen MR) is 87.8 cm³/mol. The average molecular weight is 315 g/mol. The van der Waals surface area contributed by atoms with Crippen LogP contribution in [0.5, 0.6) is 5.75 Å². The third-order valence-corrected chi connectivity index (χ3v) is 3.49. The van der Waals surface area contributed by atoms with Crippen LogP contribution < -0.4 is 10.1 Å². The quantitative estimate of drug-likeness (QED) is 0.792. The minimum absolute atomic E-state index is 0.0911. The lowest BCUT2D eigenvalue weighted by molar-refractivity contribution is -0.117. The Labute approximate surface area is 135 Å². The van der Waals surface area contributed by atoms with Gasteiger partial charge in [-0.1, -0.05) is 18.2 Å². The number of aryl methyl sites for hydroxylation is 1. The number of benzene rings is 1. The number of carbonyl (C=O) groups excluding carboxylic acids is 1. The third kappa shape index (κ3) is 4.43. The Bertz CT molecular complexity index is 705. The highest BCUT2D eigenvalue weighted by Crippen LogP contribution is 2.19. The van der Waals surface area contributed by atoms with Gasteiger partial charge in [0.2, 0.25) is 5.91 Å². The number of hydrogen-bond acceptors (Lipinski definition) is 4. The van der Waals surface area contributed by atoms with Crippen LogP contribution in [0.2, 0.25) is 0 Å². The van der Waals surface area contributed by atoms with E-state index in [1.54, 1.807) is 44.2 Å². The zero-order valence-electron chi connectivity index (χ0n) is 13.5. The van der Waals surface area contributed by atoms with E-state index in [2.05, 4.69) is 10.4 Å². The van der Waals surface area contributed by atoms with Gasteiger partial charge in [0.1, 0.15) is 11.4 Å². The number of amides is 1. The molecule has 0 saturated carbocycles. The van der Waals surface area contributed by atoms with Crippen LogP contribution in [0.3, 0.4) is 0 Å². The molecule has 23 heavy (non-hydrogen) atoms. The van der Waals surface area contributed by atoms with Gasteiger partial charge >= 0.3 is 0 Å². The summed E-state index contributed by atoms with van der Waals surface area (Å²) in [5, 5.41) is 17.1. The lowest BCUT2D eigenvalue weighted by atomic mass is 10.00. The van der Waals surface area contributed by atoms with Crippen LogP contribution in [0.15, 0.2) is 42.7 Å². The van der Waals surface area contributed by atoms with Crippen molar-refractivity contribution in [2.24, 2.45) is 7.05 Å². The van der Waals surface area contributed by atoms with Gasteiger partial charge in [0.15, 0.2) is 0 Å². The molecule has 6 nitrogen and oxygen atoms in total. The maximum absolute atomic E-state index is 11.9. The molecule has 1 unspecified atom stereocenters. The van der Waals surface area contributed by atoms with E-state index in [1.807, 2.05) is 24.3 Å². The van der Waals surface area contributed by atoms with Crippen LogP contribution in [-0.4, -0.2) is 34.4 Å². The van der Waals surface area contributed by atoms with Crippen LogP contribution in [0.1, 0.15) is 18.1 Å². The second-order valence-electron chi connectivity index (χ2n) is 5.47. The minimum atomic E-state index is -1.18. The Morgan fingerprint density at radius 2 is 2.22 bits per heavy atom. The summed E-state index contributed by atoms with van der Waals surface area (Å²) in [7, 11) is 3.35. The Morgan fingerprint density at radius 3 is 2.87 bits per heavy atom. The topological polar surface area (TPSA) is 76.4 Å². The Morgan fingerprint density at radius 1 is 1.48 bits per heavy atom. The summed E-state index contributed by atoms with van der Waals surface area (Å²) in [5.74, 6) is 0.402. The first-order valence-electron chi connectivity index (χ1n) is 7.23. The zero-order chi connectivity index (χ0) is 16.9. The molecule has 1 heterocycles. The molecule has 0 radical (unpaired) electrons. The number of rotatable bonds is 6. The number of aromatic nitrogens is 2. The van der Waals surface area contributed by atoms with Gasteiger partial charge in [0.25, 0.3) is 0 Å². The molecule has 2 aromatic rings. The second kappa shape index (κ2) is 7.11. The fourth-order valence-electron chi connectivity index (χ4n) is 2.09. The number of nitrogens with zero attached hydrogens (tertiary/aromatic N) is 2. The third-order valence-electron chi connectivity index (χ3n) is 3.49. The molecular weight excluding hydrogens is 294 g/mol. The van der Waals surface area contributed by atoms with Crippen molar-refractivity contribution in [1.82, 2.24) is 15.1 Å². The van der Waals surface area contributed by atoms with Crippen molar-refractivity contribution in [2.45, 2.75) is 12.5 Å². The van der Waals surface area contributed by atoms with Gasteiger partial charge in [-0.2, -0.15) is 5.10 Å². The largest absolute Gasteiger partial charge is 0.496 e. The molecule has 1 aromatic carbocycles. The van der Waals surface area contributed by atoms with E-state index in [4.69, 9.17) is 4.74 Å². The number of methoxy groups -OCH3 is 1. The zero-order valence-corrected chi connectivity index (χ0v) is 13.5. The highest BCUT2D eigenvalue weighted by atomic mass is 16.5. The molecule has 1 aromatic heterocycles. The van der Waals surface area contributed by atoms with E-state index in [9.17, 15) is 9.90 Å². The smallest absolute Gasteiger partial charge is 0.244 e. The first-order valence-corrected chi connectivity index (χ1v) is 7.23. The molecule has 0 spiro atoms. The molecule has 2 rings (SSSR count). The summed E-state index contributed by atoms with van der Waals surface area (Å²) < 4.78 is 6.82. The summed E-state index contributed by atoms with van der Waals surface area (Å²) in [6.07, 6.45) is 6.39. The van der Waals surface area contributed by atoms with Crippen LogP contribution >= 0.6 is 0 Å². The molecule has 6 heteroatoms. The van der Waals surface area contributed by atoms with Gasteiger partial charge in [0.05, 0.1) is 19.9 Å². The van der Waals surface area contributed by atoms with Crippen molar-refractivity contribution in [3.05, 3.63) is 53.9 Å². The summed E-state index contributed by atoms with van der Waals surface area (Å²) in [4.78, 5) is 11.9. The molecule has 122 valence electrons. The van der Waals surface area contributed by atoms with Crippen molar-refractivity contribution in [3.63, 3.8) is 0 Å². The molecule has 1 amide bonds. The molecular formula is C17H21N3O3. The van der Waals surface area contributed by atoms with Crippen molar-refractivity contribution in [3.8, 4) is 5.75 Å². The maximum atomic E-state index is 11.9. The number of hydrogen-bond donors (Lipinski definition) is 2. The van der Waals surface area contributed by atoms with Crippen LogP contribution in [-0.2, 0) is 17.4 Å². The average Bonchev–Trinajstić information content (AvgIpc) is 2.98. The number of carbonyl (C=O) groups is 1. The fraction of sp³-hybridized carbons (Fsp3) is 0.294. The molecule has 0 bridgehead atoms. The van der Waals surface area contributed by atoms with Crippen LogP contribution in [0, 0.1) is 0 Å². The van der Waals surface area contributed by atoms with E-state index in [1.165, 1.54) is 6.08 Å². The van der Waals surface area contributed by atoms with Gasteiger partial charge in [-0.15, -0.1) is 0 Å². The molecule has 2 N–H and O–H groups in total. The van der Waals surface area contributed by atoms with E-state index in [-0.39, 0.29) is 12.5 Å². The SMILES string of the molecule is COc1ccccc1/C=C/C(=O)NCC(C)(O)c1cnn(C)c1. The fourth-order valence-corrected chi connectivity index (χ4v) is 2.09. The summed E-state index contributed by atoms with van der Waals surface area (Å²) in [6, 6.07) is 7.41. The van der Waals surface area contributed by atoms with E-state index >= 15 is 0 Å². The second-order valence-corrected chi connectivity index (χ2v) is 5.47. The van der Waals surface area contributed by atoms with E-state index < -0.39 is 5.60 Å². The van der Waals surface area contributed by atoms with Crippen molar-refractivity contribution in [2.75, 3.05) is 13.7 Å². The number of ether oxygens (including phenoxy) is 1. The Kier molecular flexibility index (Phi) is 5.18. The summed E-state index contributed by atoms with van der Waals surface area (Å²) in [6.45, 7) is 1.72. The van der Waals surface area contributed by atoms with E-state index in [0.717, 1.165) is 5.56 Å². The maximum Gasteiger partial charge on any atom is 0.244 e. The predicted octanol–water partition coefficient (Wildman–Crippen LogP) is 1.47. The normalized spacial score (nSPS) is 13.7. The number of aliphatic hydroxyl groups is 1. The summed E-state index contributed by atoms with van der Waals surface area (Å²) >= 11 is 0. The van der Waals surface area contributed by atoms with Crippen molar-refractivity contribution < 1.29 is 14.6 Å². The Balaban J connectivity index is 1.96. The number of para-hydroxylation sites is 1. The van der Waals surface area contributed by atoms with Crippen LogP contribution in [0.25, 0.3) is 6.08 Å². The molecule has 0 aliphatic heterocycles.